The Morgan fingerprint density at radius 2 is 2.00 bits per heavy atom. The molecule has 10 nitrogen and oxygen atoms in total. The lowest BCUT2D eigenvalue weighted by Crippen LogP contribution is -2.40. The molecular formula is C27H19ClFN3O7S. The van der Waals surface area contributed by atoms with E-state index in [1.807, 2.05) is 0 Å². The van der Waals surface area contributed by atoms with Crippen LogP contribution in [0.1, 0.15) is 24.3 Å². The van der Waals surface area contributed by atoms with Crippen LogP contribution < -0.4 is 19.6 Å². The van der Waals surface area contributed by atoms with Crippen LogP contribution in [-0.2, 0) is 9.53 Å². The van der Waals surface area contributed by atoms with Crippen LogP contribution in [0.2, 0.25) is 5.02 Å². The minimum Gasteiger partial charge on any atom is -0.496 e. The number of thiazole rings is 1. The number of methoxy groups -OCH3 is 2. The minimum absolute atomic E-state index is 0.153. The van der Waals surface area contributed by atoms with E-state index in [1.54, 1.807) is 37.3 Å². The predicted molar refractivity (Wildman–Crippen MR) is 145 cm³/mol. The number of fused-ring (bicyclic) bond motifs is 1. The zero-order valence-corrected chi connectivity index (χ0v) is 22.7. The summed E-state index contributed by atoms with van der Waals surface area (Å²) in [5.41, 5.74) is 0.137. The Balaban J connectivity index is 1.66. The van der Waals surface area contributed by atoms with Crippen LogP contribution in [0.25, 0.3) is 17.4 Å². The van der Waals surface area contributed by atoms with Gasteiger partial charge in [-0.1, -0.05) is 22.9 Å². The van der Waals surface area contributed by atoms with Crippen molar-refractivity contribution >= 4 is 40.7 Å². The van der Waals surface area contributed by atoms with Gasteiger partial charge in [0.05, 0.1) is 34.9 Å². The number of hydrogen-bond donors (Lipinski definition) is 0. The first-order valence-corrected chi connectivity index (χ1v) is 12.8. The van der Waals surface area contributed by atoms with Crippen LogP contribution >= 0.6 is 22.9 Å². The quantitative estimate of drug-likeness (QED) is 0.187. The fourth-order valence-electron chi connectivity index (χ4n) is 4.43. The molecule has 0 saturated carbocycles. The van der Waals surface area contributed by atoms with Crippen molar-refractivity contribution in [3.63, 3.8) is 0 Å². The van der Waals surface area contributed by atoms with Gasteiger partial charge in [0, 0.05) is 28.3 Å². The zero-order chi connectivity index (χ0) is 28.7. The van der Waals surface area contributed by atoms with Gasteiger partial charge in [-0.2, -0.15) is 4.39 Å². The van der Waals surface area contributed by atoms with Crippen LogP contribution in [0, 0.1) is 15.9 Å². The van der Waals surface area contributed by atoms with Crippen LogP contribution in [-0.4, -0.2) is 29.7 Å². The van der Waals surface area contributed by atoms with Crippen LogP contribution in [0.5, 0.6) is 5.75 Å². The second-order valence-corrected chi connectivity index (χ2v) is 10.0. The summed E-state index contributed by atoms with van der Waals surface area (Å²) >= 11 is 7.37. The summed E-state index contributed by atoms with van der Waals surface area (Å²) < 4.78 is 31.7. The van der Waals surface area contributed by atoms with E-state index in [4.69, 9.17) is 25.5 Å². The summed E-state index contributed by atoms with van der Waals surface area (Å²) in [5, 5.41) is 11.5. The van der Waals surface area contributed by atoms with Gasteiger partial charge in [0.2, 0.25) is 5.82 Å². The molecule has 2 aromatic carbocycles. The van der Waals surface area contributed by atoms with Crippen molar-refractivity contribution in [3.8, 4) is 17.1 Å². The van der Waals surface area contributed by atoms with Gasteiger partial charge in [0.15, 0.2) is 4.80 Å². The average molecular weight is 584 g/mol. The molecule has 204 valence electrons. The highest BCUT2D eigenvalue weighted by atomic mass is 35.5. The Morgan fingerprint density at radius 3 is 2.70 bits per heavy atom. The number of furan rings is 1. The van der Waals surface area contributed by atoms with Crippen LogP contribution in [0.3, 0.4) is 0 Å². The predicted octanol–water partition coefficient (Wildman–Crippen LogP) is 4.38. The van der Waals surface area contributed by atoms with Gasteiger partial charge in [-0.25, -0.2) is 9.79 Å². The molecule has 0 saturated heterocycles. The molecule has 5 rings (SSSR count). The van der Waals surface area contributed by atoms with Crippen molar-refractivity contribution in [1.82, 2.24) is 4.57 Å². The molecule has 0 fully saturated rings. The molecule has 0 radical (unpaired) electrons. The highest BCUT2D eigenvalue weighted by Crippen LogP contribution is 2.37. The van der Waals surface area contributed by atoms with Crippen molar-refractivity contribution in [1.29, 1.82) is 0 Å². The molecule has 1 aliphatic rings. The Bertz CT molecular complexity index is 1910. The smallest absolute Gasteiger partial charge is 0.338 e. The molecule has 0 unspecified atom stereocenters. The Hall–Kier alpha value is -4.55. The largest absolute Gasteiger partial charge is 0.496 e. The standard InChI is InChI=1S/C27H19ClFN3O7S/c1-13-23(26(34)38-3)24(17-11-15(28)5-8-21(17)37-2)31-25(33)22(40-27(31)30-13)12-16-6-9-20(39-16)14-4-7-18(29)19(10-14)32(35)36/h4-12,24H,1-3H3/b22-12-/t24-/m1/s1. The van der Waals surface area contributed by atoms with E-state index in [0.29, 0.717) is 32.4 Å². The lowest BCUT2D eigenvalue weighted by molar-refractivity contribution is -0.387. The maximum atomic E-state index is 13.8. The molecule has 40 heavy (non-hydrogen) atoms. The number of nitro groups is 1. The molecule has 1 aliphatic heterocycles. The van der Waals surface area contributed by atoms with Crippen molar-refractivity contribution < 1.29 is 28.0 Å². The number of benzene rings is 2. The second-order valence-electron chi connectivity index (χ2n) is 8.58. The first kappa shape index (κ1) is 27.0. The summed E-state index contributed by atoms with van der Waals surface area (Å²) in [6.07, 6.45) is 1.49. The van der Waals surface area contributed by atoms with E-state index in [2.05, 4.69) is 4.99 Å². The number of nitro benzene ring substituents is 1. The average Bonchev–Trinajstić information content (AvgIpc) is 3.51. The fourth-order valence-corrected chi connectivity index (χ4v) is 5.63. The lowest BCUT2D eigenvalue weighted by atomic mass is 9.95. The van der Waals surface area contributed by atoms with E-state index in [1.165, 1.54) is 30.9 Å². The maximum absolute atomic E-state index is 13.8. The highest BCUT2D eigenvalue weighted by molar-refractivity contribution is 7.07. The monoisotopic (exact) mass is 583 g/mol. The Kier molecular flexibility index (Phi) is 7.13. The van der Waals surface area contributed by atoms with E-state index in [-0.39, 0.29) is 21.6 Å². The molecule has 0 amide bonds. The number of carbonyl (C=O) groups excluding carboxylic acids is 1. The maximum Gasteiger partial charge on any atom is 0.338 e. The normalized spacial score (nSPS) is 15.0. The van der Waals surface area contributed by atoms with E-state index in [9.17, 15) is 24.1 Å². The summed E-state index contributed by atoms with van der Waals surface area (Å²) in [6, 6.07) is 10.5. The Morgan fingerprint density at radius 1 is 1.23 bits per heavy atom. The van der Waals surface area contributed by atoms with Gasteiger partial charge in [-0.05, 0) is 49.4 Å². The van der Waals surface area contributed by atoms with Gasteiger partial charge in [-0.3, -0.25) is 19.5 Å². The van der Waals surface area contributed by atoms with Crippen molar-refractivity contribution in [2.24, 2.45) is 4.99 Å². The van der Waals surface area contributed by atoms with Crippen LogP contribution in [0.4, 0.5) is 10.1 Å². The third-order valence-electron chi connectivity index (χ3n) is 6.24. The number of hydrogen-bond acceptors (Lipinski definition) is 9. The molecule has 13 heteroatoms. The molecule has 0 spiro atoms. The highest BCUT2D eigenvalue weighted by Gasteiger charge is 2.35. The van der Waals surface area contributed by atoms with Gasteiger partial charge < -0.3 is 13.9 Å². The molecule has 0 aliphatic carbocycles. The number of aromatic nitrogens is 1. The van der Waals surface area contributed by atoms with Gasteiger partial charge in [0.25, 0.3) is 5.56 Å². The van der Waals surface area contributed by atoms with Gasteiger partial charge in [-0.15, -0.1) is 0 Å². The van der Waals surface area contributed by atoms with Gasteiger partial charge in [0.1, 0.15) is 23.3 Å². The zero-order valence-electron chi connectivity index (χ0n) is 21.1. The summed E-state index contributed by atoms with van der Waals surface area (Å²) in [4.78, 5) is 41.8. The lowest BCUT2D eigenvalue weighted by Gasteiger charge is -2.25. The van der Waals surface area contributed by atoms with Crippen molar-refractivity contribution in [3.05, 3.63) is 112 Å². The van der Waals surface area contributed by atoms with Gasteiger partial charge >= 0.3 is 11.7 Å². The molecule has 1 atom stereocenters. The summed E-state index contributed by atoms with van der Waals surface area (Å²) in [5.74, 6) is -0.703. The number of nitrogens with zero attached hydrogens (tertiary/aromatic N) is 3. The van der Waals surface area contributed by atoms with Crippen LogP contribution in [0.15, 0.2) is 74.0 Å². The topological polar surface area (TPSA) is 126 Å². The molecule has 0 bridgehead atoms. The summed E-state index contributed by atoms with van der Waals surface area (Å²) in [7, 11) is 2.71. The van der Waals surface area contributed by atoms with E-state index < -0.39 is 34.0 Å². The van der Waals surface area contributed by atoms with E-state index in [0.717, 1.165) is 23.5 Å². The number of ether oxygens (including phenoxy) is 2. The molecule has 0 N–H and O–H groups in total. The van der Waals surface area contributed by atoms with E-state index >= 15 is 0 Å². The summed E-state index contributed by atoms with van der Waals surface area (Å²) in [6.45, 7) is 1.65. The first-order chi connectivity index (χ1) is 19.1. The third kappa shape index (κ3) is 4.71. The molecule has 2 aromatic heterocycles. The third-order valence-corrected chi connectivity index (χ3v) is 7.46. The van der Waals surface area contributed by atoms with Crippen molar-refractivity contribution in [2.75, 3.05) is 14.2 Å². The minimum atomic E-state index is -0.964. The SMILES string of the molecule is COC(=O)C1=C(C)N=c2s/c(=C\c3ccc(-c4ccc(F)c([N+](=O)[O-])c4)o3)c(=O)n2[C@@H]1c1cc(Cl)ccc1OC. The molecule has 4 aromatic rings. The number of carbonyl (C=O) groups is 1. The first-order valence-electron chi connectivity index (χ1n) is 11.6. The molecular weight excluding hydrogens is 565 g/mol. The Labute approximate surface area is 234 Å². The molecule has 3 heterocycles. The number of allylic oxidation sites excluding steroid dienone is 1. The number of esters is 1. The number of halogens is 2. The number of rotatable bonds is 6. The van der Waals surface area contributed by atoms with Crippen molar-refractivity contribution in [2.45, 2.75) is 13.0 Å². The second kappa shape index (κ2) is 10.5. The fraction of sp³-hybridized carbons (Fsp3) is 0.148.